The van der Waals surface area contributed by atoms with Crippen molar-refractivity contribution >= 4 is 50.6 Å². The first-order chi connectivity index (χ1) is 21.1. The summed E-state index contributed by atoms with van der Waals surface area (Å²) in [6, 6.07) is 10.6. The van der Waals surface area contributed by atoms with Crippen molar-refractivity contribution in [1.82, 2.24) is 4.90 Å². The molecule has 0 radical (unpaired) electrons. The number of nitrogens with two attached hydrogens (primary N) is 2. The molecule has 3 aromatic rings. The average molecular weight is 665 g/mol. The molecule has 2 amide bonds. The first-order valence-electron chi connectivity index (χ1n) is 13.6. The third kappa shape index (κ3) is 7.16. The van der Waals surface area contributed by atoms with Crippen molar-refractivity contribution < 1.29 is 35.9 Å². The van der Waals surface area contributed by atoms with Crippen molar-refractivity contribution in [1.29, 1.82) is 0 Å². The summed E-state index contributed by atoms with van der Waals surface area (Å²) < 4.78 is 72.2. The number of alkyl halides is 3. The molecule has 5 N–H and O–H groups in total. The smallest absolute Gasteiger partial charge is 0.416 e. The molecule has 0 atom stereocenters. The van der Waals surface area contributed by atoms with E-state index in [4.69, 9.17) is 27.8 Å². The van der Waals surface area contributed by atoms with Crippen LogP contribution >= 0.6 is 11.6 Å². The summed E-state index contributed by atoms with van der Waals surface area (Å²) >= 11 is 6.50. The highest BCUT2D eigenvalue weighted by atomic mass is 35.5. The van der Waals surface area contributed by atoms with Crippen LogP contribution in [0.15, 0.2) is 58.4 Å². The maximum Gasteiger partial charge on any atom is 0.416 e. The third-order valence-electron chi connectivity index (χ3n) is 7.29. The van der Waals surface area contributed by atoms with E-state index < -0.39 is 45.1 Å². The maximum atomic E-state index is 13.4. The Morgan fingerprint density at radius 2 is 1.76 bits per heavy atom. The van der Waals surface area contributed by atoms with Crippen LogP contribution in [0.4, 0.5) is 24.5 Å². The van der Waals surface area contributed by atoms with Crippen molar-refractivity contribution in [2.45, 2.75) is 23.7 Å². The minimum Gasteiger partial charge on any atom is -0.454 e. The number of hydrogen-bond donors (Lipinski definition) is 3. The summed E-state index contributed by atoms with van der Waals surface area (Å²) in [5.41, 5.74) is 11.0. The van der Waals surface area contributed by atoms with Gasteiger partial charge in [0.2, 0.25) is 5.91 Å². The predicted octanol–water partition coefficient (Wildman–Crippen LogP) is 3.92. The van der Waals surface area contributed by atoms with Gasteiger partial charge in [-0.25, -0.2) is 8.42 Å². The van der Waals surface area contributed by atoms with E-state index in [1.54, 1.807) is 13.0 Å². The number of anilines is 2. The summed E-state index contributed by atoms with van der Waals surface area (Å²) in [6.45, 7) is 3.28. The van der Waals surface area contributed by atoms with Crippen LogP contribution in [-0.4, -0.2) is 63.8 Å². The molecule has 238 valence electrons. The predicted molar refractivity (Wildman–Crippen MR) is 162 cm³/mol. The number of fused-ring (bicyclic) bond motifs is 2. The van der Waals surface area contributed by atoms with Crippen LogP contribution in [0.25, 0.3) is 0 Å². The molecule has 2 aliphatic rings. The number of nitrogens with zero attached hydrogens (tertiary/aromatic N) is 3. The van der Waals surface area contributed by atoms with Gasteiger partial charge in [0.25, 0.3) is 5.91 Å². The largest absolute Gasteiger partial charge is 0.454 e. The standard InChI is InChI=1S/C29H28ClF3N6O5S/c1-16-9-17(27(41)37-28(34)35)11-23-25(16)44-26-18(15-45(23,42)43)10-20(13-22(26)30)36-24(40)14-38-5-7-39(8-6-38)21-4-2-3-19(12-21)29(31,32)33/h2-4,9-13H,5-8,14-15H2,1H3,(H,36,40)(H4,34,35,37,41). The molecule has 45 heavy (non-hydrogen) atoms. The van der Waals surface area contributed by atoms with Crippen LogP contribution in [0, 0.1) is 6.92 Å². The van der Waals surface area contributed by atoms with Gasteiger partial charge in [-0.2, -0.15) is 18.2 Å². The summed E-state index contributed by atoms with van der Waals surface area (Å²) in [4.78, 5) is 32.2. The summed E-state index contributed by atoms with van der Waals surface area (Å²) in [6.07, 6.45) is -4.44. The van der Waals surface area contributed by atoms with Gasteiger partial charge in [-0.3, -0.25) is 14.5 Å². The number of carbonyl (C=O) groups excluding carboxylic acids is 2. The third-order valence-corrected chi connectivity index (χ3v) is 9.23. The van der Waals surface area contributed by atoms with Crippen LogP contribution in [-0.2, 0) is 26.6 Å². The Morgan fingerprint density at radius 1 is 1.04 bits per heavy atom. The molecule has 0 aliphatic carbocycles. The SMILES string of the molecule is Cc1cc(C(=O)N=C(N)N)cc2c1Oc1c(Cl)cc(NC(=O)CN3CCN(c4cccc(C(F)(F)F)c4)CC3)cc1CS2(=O)=O. The number of carbonyl (C=O) groups is 2. The molecule has 0 bridgehead atoms. The summed E-state index contributed by atoms with van der Waals surface area (Å²) in [7, 11) is -4.06. The van der Waals surface area contributed by atoms with E-state index in [9.17, 15) is 31.2 Å². The number of rotatable bonds is 5. The van der Waals surface area contributed by atoms with Crippen LogP contribution in [0.3, 0.4) is 0 Å². The number of ether oxygens (including phenoxy) is 1. The monoisotopic (exact) mass is 664 g/mol. The van der Waals surface area contributed by atoms with E-state index in [2.05, 4.69) is 10.3 Å². The molecule has 0 spiro atoms. The minimum atomic E-state index is -4.44. The molecule has 2 aliphatic heterocycles. The van der Waals surface area contributed by atoms with Crippen molar-refractivity contribution in [2.75, 3.05) is 42.9 Å². The topological polar surface area (TPSA) is 160 Å². The van der Waals surface area contributed by atoms with Crippen LogP contribution in [0.2, 0.25) is 5.02 Å². The highest BCUT2D eigenvalue weighted by Gasteiger charge is 2.33. The normalized spacial score (nSPS) is 16.1. The molecule has 1 fully saturated rings. The zero-order valence-electron chi connectivity index (χ0n) is 23.8. The number of nitrogens with one attached hydrogen (secondary N) is 1. The molecular formula is C29H28ClF3N6O5S. The minimum absolute atomic E-state index is 0.00189. The second-order valence-corrected chi connectivity index (χ2v) is 13.0. The lowest BCUT2D eigenvalue weighted by atomic mass is 10.1. The molecule has 16 heteroatoms. The Bertz CT molecular complexity index is 1820. The molecule has 0 saturated carbocycles. The highest BCUT2D eigenvalue weighted by molar-refractivity contribution is 7.90. The quantitative estimate of drug-likeness (QED) is 0.271. The van der Waals surface area contributed by atoms with Gasteiger partial charge in [0.05, 0.1) is 22.9 Å². The van der Waals surface area contributed by atoms with Gasteiger partial charge in [-0.05, 0) is 55.0 Å². The second-order valence-electron chi connectivity index (χ2n) is 10.6. The number of aryl methyl sites for hydroxylation is 1. The summed E-state index contributed by atoms with van der Waals surface area (Å²) in [5, 5.41) is 2.79. The fourth-order valence-electron chi connectivity index (χ4n) is 5.18. The fraction of sp³-hybridized carbons (Fsp3) is 0.276. The van der Waals surface area contributed by atoms with Crippen LogP contribution in [0.1, 0.15) is 27.0 Å². The number of halogens is 4. The van der Waals surface area contributed by atoms with Crippen molar-refractivity contribution in [3.8, 4) is 11.5 Å². The van der Waals surface area contributed by atoms with Gasteiger partial charge < -0.3 is 26.4 Å². The van der Waals surface area contributed by atoms with Gasteiger partial charge in [-0.1, -0.05) is 17.7 Å². The van der Waals surface area contributed by atoms with Crippen molar-refractivity contribution in [3.05, 3.63) is 75.8 Å². The molecule has 11 nitrogen and oxygen atoms in total. The zero-order chi connectivity index (χ0) is 32.7. The number of aliphatic imine (C=N–C) groups is 1. The number of benzene rings is 3. The van der Waals surface area contributed by atoms with E-state index in [1.165, 1.54) is 24.3 Å². The summed E-state index contributed by atoms with van der Waals surface area (Å²) in [5.74, 6) is -2.13. The molecule has 0 aromatic heterocycles. The van der Waals surface area contributed by atoms with Crippen LogP contribution < -0.4 is 26.4 Å². The van der Waals surface area contributed by atoms with Gasteiger partial charge in [0.15, 0.2) is 15.8 Å². The van der Waals surface area contributed by atoms with Crippen LogP contribution in [0.5, 0.6) is 11.5 Å². The number of piperazine rings is 1. The van der Waals surface area contributed by atoms with E-state index >= 15 is 0 Å². The Morgan fingerprint density at radius 3 is 2.42 bits per heavy atom. The second kappa shape index (κ2) is 12.2. The van der Waals surface area contributed by atoms with E-state index in [-0.39, 0.29) is 44.8 Å². The number of amides is 2. The van der Waals surface area contributed by atoms with Crippen molar-refractivity contribution in [3.63, 3.8) is 0 Å². The zero-order valence-corrected chi connectivity index (χ0v) is 25.4. The molecule has 3 aromatic carbocycles. The Kier molecular flexibility index (Phi) is 8.70. The van der Waals surface area contributed by atoms with E-state index in [0.29, 0.717) is 37.4 Å². The highest BCUT2D eigenvalue weighted by Crippen LogP contribution is 2.44. The average Bonchev–Trinajstić information content (AvgIpc) is 3.06. The Balaban J connectivity index is 1.27. The van der Waals surface area contributed by atoms with Gasteiger partial charge in [0.1, 0.15) is 16.4 Å². The lowest BCUT2D eigenvalue weighted by Crippen LogP contribution is -2.48. The van der Waals surface area contributed by atoms with E-state index in [1.807, 2.05) is 9.80 Å². The van der Waals surface area contributed by atoms with E-state index in [0.717, 1.165) is 18.2 Å². The molecular weight excluding hydrogens is 637 g/mol. The molecule has 2 heterocycles. The molecule has 5 rings (SSSR count). The Labute approximate surface area is 261 Å². The van der Waals surface area contributed by atoms with Crippen molar-refractivity contribution in [2.24, 2.45) is 16.5 Å². The maximum absolute atomic E-state index is 13.4. The lowest BCUT2D eigenvalue weighted by Gasteiger charge is -2.36. The van der Waals surface area contributed by atoms with Gasteiger partial charge in [0, 0.05) is 48.7 Å². The fourth-order valence-corrected chi connectivity index (χ4v) is 7.03. The first-order valence-corrected chi connectivity index (χ1v) is 15.6. The molecule has 1 saturated heterocycles. The number of hydrogen-bond acceptors (Lipinski definition) is 7. The Hall–Kier alpha value is -4.34. The number of sulfone groups is 1. The molecule has 0 unspecified atom stereocenters. The lowest BCUT2D eigenvalue weighted by molar-refractivity contribution is -0.137. The first kappa shape index (κ1) is 32.1. The number of guanidine groups is 1. The van der Waals surface area contributed by atoms with Gasteiger partial charge in [-0.15, -0.1) is 0 Å². The van der Waals surface area contributed by atoms with Gasteiger partial charge >= 0.3 is 6.18 Å².